The van der Waals surface area contributed by atoms with E-state index in [2.05, 4.69) is 22.0 Å². The van der Waals surface area contributed by atoms with Gasteiger partial charge >= 0.3 is 0 Å². The van der Waals surface area contributed by atoms with Crippen LogP contribution in [0, 0.1) is 5.92 Å². The molecule has 1 aliphatic rings. The molecule has 90 valence electrons. The molecule has 4 heteroatoms. The molecule has 16 heavy (non-hydrogen) atoms. The molecular formula is C12H21N3O. The Morgan fingerprint density at radius 3 is 3.12 bits per heavy atom. The molecule has 1 unspecified atom stereocenters. The van der Waals surface area contributed by atoms with Crippen molar-refractivity contribution in [3.8, 4) is 0 Å². The van der Waals surface area contributed by atoms with Crippen molar-refractivity contribution in [2.75, 3.05) is 19.0 Å². The molecule has 2 rings (SSSR count). The third kappa shape index (κ3) is 3.23. The smallest absolute Gasteiger partial charge is 0.124 e. The second-order valence-electron chi connectivity index (χ2n) is 4.67. The Balaban J connectivity index is 1.84. The van der Waals surface area contributed by atoms with Crippen LogP contribution in [0.2, 0.25) is 0 Å². The average Bonchev–Trinajstić information content (AvgIpc) is 2.98. The summed E-state index contributed by atoms with van der Waals surface area (Å²) in [5.41, 5.74) is 0. The zero-order valence-corrected chi connectivity index (χ0v) is 10.1. The molecule has 0 aromatic carbocycles. The number of methoxy groups -OCH3 is 1. The van der Waals surface area contributed by atoms with Gasteiger partial charge in [0.15, 0.2) is 0 Å². The standard InChI is InChI=1S/C12H21N3O/c1-10(6-8-16-2)14-12-5-7-13-15(12)9-11-3-4-11/h5,7,10-11,14H,3-4,6,8-9H2,1-2H3. The number of hydrogen-bond acceptors (Lipinski definition) is 3. The van der Waals surface area contributed by atoms with E-state index in [0.717, 1.165) is 31.3 Å². The summed E-state index contributed by atoms with van der Waals surface area (Å²) in [7, 11) is 1.74. The largest absolute Gasteiger partial charge is 0.385 e. The van der Waals surface area contributed by atoms with Crippen molar-refractivity contribution in [2.45, 2.75) is 38.8 Å². The number of hydrogen-bond donors (Lipinski definition) is 1. The average molecular weight is 223 g/mol. The molecule has 1 aromatic heterocycles. The van der Waals surface area contributed by atoms with Gasteiger partial charge in [0.2, 0.25) is 0 Å². The molecule has 1 heterocycles. The van der Waals surface area contributed by atoms with Gasteiger partial charge in [0.25, 0.3) is 0 Å². The first-order chi connectivity index (χ1) is 7.79. The van der Waals surface area contributed by atoms with Crippen molar-refractivity contribution < 1.29 is 4.74 Å². The highest BCUT2D eigenvalue weighted by atomic mass is 16.5. The maximum atomic E-state index is 5.07. The van der Waals surface area contributed by atoms with E-state index < -0.39 is 0 Å². The van der Waals surface area contributed by atoms with Gasteiger partial charge in [-0.05, 0) is 32.1 Å². The maximum Gasteiger partial charge on any atom is 0.124 e. The minimum Gasteiger partial charge on any atom is -0.385 e. The third-order valence-corrected chi connectivity index (χ3v) is 2.99. The summed E-state index contributed by atoms with van der Waals surface area (Å²) >= 11 is 0. The number of nitrogens with one attached hydrogen (secondary N) is 1. The van der Waals surface area contributed by atoms with Crippen LogP contribution in [0.4, 0.5) is 5.82 Å². The van der Waals surface area contributed by atoms with Gasteiger partial charge in [-0.15, -0.1) is 0 Å². The van der Waals surface area contributed by atoms with E-state index in [4.69, 9.17) is 4.74 Å². The fourth-order valence-electron chi connectivity index (χ4n) is 1.77. The van der Waals surface area contributed by atoms with Gasteiger partial charge < -0.3 is 10.1 Å². The van der Waals surface area contributed by atoms with Crippen LogP contribution in [0.1, 0.15) is 26.2 Å². The van der Waals surface area contributed by atoms with Crippen LogP contribution >= 0.6 is 0 Å². The molecule has 0 radical (unpaired) electrons. The molecule has 0 saturated heterocycles. The number of rotatable bonds is 7. The summed E-state index contributed by atoms with van der Waals surface area (Å²) < 4.78 is 7.16. The first-order valence-electron chi connectivity index (χ1n) is 6.07. The Morgan fingerprint density at radius 2 is 2.44 bits per heavy atom. The van der Waals surface area contributed by atoms with Gasteiger partial charge in [0.1, 0.15) is 5.82 Å². The summed E-state index contributed by atoms with van der Waals surface area (Å²) in [4.78, 5) is 0. The van der Waals surface area contributed by atoms with E-state index in [0.29, 0.717) is 6.04 Å². The second-order valence-corrected chi connectivity index (χ2v) is 4.67. The van der Waals surface area contributed by atoms with Gasteiger partial charge in [0, 0.05) is 32.4 Å². The highest BCUT2D eigenvalue weighted by Gasteiger charge is 2.23. The highest BCUT2D eigenvalue weighted by molar-refractivity contribution is 5.34. The molecule has 1 aromatic rings. The first-order valence-corrected chi connectivity index (χ1v) is 6.07. The lowest BCUT2D eigenvalue weighted by molar-refractivity contribution is 0.191. The van der Waals surface area contributed by atoms with Gasteiger partial charge in [-0.3, -0.25) is 0 Å². The Morgan fingerprint density at radius 1 is 1.62 bits per heavy atom. The summed E-state index contributed by atoms with van der Waals surface area (Å²) in [5.74, 6) is 1.99. The summed E-state index contributed by atoms with van der Waals surface area (Å²) in [6.45, 7) is 4.03. The van der Waals surface area contributed by atoms with Crippen LogP contribution in [0.15, 0.2) is 12.3 Å². The summed E-state index contributed by atoms with van der Waals surface area (Å²) in [6.07, 6.45) is 5.61. The minimum absolute atomic E-state index is 0.426. The van der Waals surface area contributed by atoms with Crippen LogP contribution in [-0.4, -0.2) is 29.5 Å². The normalized spacial score (nSPS) is 17.4. The number of ether oxygens (including phenoxy) is 1. The van der Waals surface area contributed by atoms with Crippen molar-refractivity contribution in [3.63, 3.8) is 0 Å². The molecule has 1 atom stereocenters. The number of anilines is 1. The fraction of sp³-hybridized carbons (Fsp3) is 0.750. The topological polar surface area (TPSA) is 39.1 Å². The van der Waals surface area contributed by atoms with Crippen molar-refractivity contribution in [1.82, 2.24) is 9.78 Å². The Kier molecular flexibility index (Phi) is 3.83. The van der Waals surface area contributed by atoms with Crippen molar-refractivity contribution >= 4 is 5.82 Å². The van der Waals surface area contributed by atoms with E-state index in [1.807, 2.05) is 12.3 Å². The van der Waals surface area contributed by atoms with Crippen molar-refractivity contribution in [2.24, 2.45) is 5.92 Å². The van der Waals surface area contributed by atoms with Gasteiger partial charge in [0.05, 0.1) is 6.20 Å². The molecule has 4 nitrogen and oxygen atoms in total. The Bertz CT molecular complexity index is 320. The molecule has 0 aliphatic heterocycles. The molecule has 1 aliphatic carbocycles. The molecule has 1 saturated carbocycles. The fourth-order valence-corrected chi connectivity index (χ4v) is 1.77. The van der Waals surface area contributed by atoms with E-state index in [1.165, 1.54) is 12.8 Å². The second kappa shape index (κ2) is 5.34. The van der Waals surface area contributed by atoms with Crippen LogP contribution in [0.25, 0.3) is 0 Å². The van der Waals surface area contributed by atoms with Crippen LogP contribution in [0.3, 0.4) is 0 Å². The number of aromatic nitrogens is 2. The SMILES string of the molecule is COCCC(C)Nc1ccnn1CC1CC1. The first kappa shape index (κ1) is 11.5. The third-order valence-electron chi connectivity index (χ3n) is 2.99. The van der Waals surface area contributed by atoms with Gasteiger partial charge in [-0.25, -0.2) is 4.68 Å². The zero-order valence-electron chi connectivity index (χ0n) is 10.1. The zero-order chi connectivity index (χ0) is 11.4. The molecule has 0 amide bonds. The summed E-state index contributed by atoms with van der Waals surface area (Å²) in [6, 6.07) is 2.47. The number of nitrogens with zero attached hydrogens (tertiary/aromatic N) is 2. The molecule has 1 N–H and O–H groups in total. The van der Waals surface area contributed by atoms with E-state index in [-0.39, 0.29) is 0 Å². The van der Waals surface area contributed by atoms with Crippen LogP contribution in [-0.2, 0) is 11.3 Å². The maximum absolute atomic E-state index is 5.07. The van der Waals surface area contributed by atoms with Gasteiger partial charge in [-0.1, -0.05) is 0 Å². The van der Waals surface area contributed by atoms with Gasteiger partial charge in [-0.2, -0.15) is 5.10 Å². The van der Waals surface area contributed by atoms with Crippen molar-refractivity contribution in [3.05, 3.63) is 12.3 Å². The molecule has 0 spiro atoms. The lowest BCUT2D eigenvalue weighted by Gasteiger charge is -2.15. The molecular weight excluding hydrogens is 202 g/mol. The molecule has 0 bridgehead atoms. The lowest BCUT2D eigenvalue weighted by atomic mass is 10.2. The van der Waals surface area contributed by atoms with E-state index in [1.54, 1.807) is 7.11 Å². The highest BCUT2D eigenvalue weighted by Crippen LogP contribution is 2.31. The minimum atomic E-state index is 0.426. The monoisotopic (exact) mass is 223 g/mol. The van der Waals surface area contributed by atoms with E-state index >= 15 is 0 Å². The van der Waals surface area contributed by atoms with Crippen LogP contribution in [0.5, 0.6) is 0 Å². The van der Waals surface area contributed by atoms with E-state index in [9.17, 15) is 0 Å². The predicted octanol–water partition coefficient (Wildman–Crippen LogP) is 2.13. The van der Waals surface area contributed by atoms with Crippen molar-refractivity contribution in [1.29, 1.82) is 0 Å². The predicted molar refractivity (Wildman–Crippen MR) is 64.5 cm³/mol. The summed E-state index contributed by atoms with van der Waals surface area (Å²) in [5, 5.41) is 7.83. The quantitative estimate of drug-likeness (QED) is 0.769. The molecule has 1 fully saturated rings. The lowest BCUT2D eigenvalue weighted by Crippen LogP contribution is -2.20. The van der Waals surface area contributed by atoms with Crippen LogP contribution < -0.4 is 5.32 Å². The Labute approximate surface area is 97.0 Å². The Hall–Kier alpha value is -1.03.